The molecular formula is C14H15NO3. The molecule has 94 valence electrons. The predicted molar refractivity (Wildman–Crippen MR) is 66.1 cm³/mol. The summed E-state index contributed by atoms with van der Waals surface area (Å²) in [6.45, 7) is 5.87. The molecule has 0 saturated carbocycles. The van der Waals surface area contributed by atoms with E-state index in [4.69, 9.17) is 4.84 Å². The first kappa shape index (κ1) is 11.4. The number of benzene rings is 1. The van der Waals surface area contributed by atoms with E-state index in [1.165, 1.54) is 0 Å². The molecule has 3 rings (SSSR count). The molecule has 0 aromatic heterocycles. The molecule has 0 fully saturated rings. The number of nitrogens with zero attached hydrogens (tertiary/aromatic N) is 1. The lowest BCUT2D eigenvalue weighted by Crippen LogP contribution is -2.39. The molecule has 18 heavy (non-hydrogen) atoms. The predicted octanol–water partition coefficient (Wildman–Crippen LogP) is 2.08. The maximum atomic E-state index is 12.4. The Balaban J connectivity index is 2.16. The average molecular weight is 245 g/mol. The van der Waals surface area contributed by atoms with E-state index in [1.54, 1.807) is 24.3 Å². The highest BCUT2D eigenvalue weighted by molar-refractivity contribution is 6.18. The van der Waals surface area contributed by atoms with Gasteiger partial charge in [-0.2, -0.15) is 0 Å². The summed E-state index contributed by atoms with van der Waals surface area (Å²) in [5, 5.41) is 14.6. The summed E-state index contributed by atoms with van der Waals surface area (Å²) in [6, 6.07) is 7.01. The van der Waals surface area contributed by atoms with E-state index in [-0.39, 0.29) is 11.2 Å². The van der Waals surface area contributed by atoms with Crippen molar-refractivity contribution in [1.82, 2.24) is 0 Å². The fraction of sp³-hybridized carbons (Fsp3) is 0.429. The number of hydrogen-bond acceptors (Lipinski definition) is 4. The van der Waals surface area contributed by atoms with Crippen molar-refractivity contribution in [3.05, 3.63) is 35.4 Å². The van der Waals surface area contributed by atoms with Crippen molar-refractivity contribution in [2.24, 2.45) is 16.5 Å². The van der Waals surface area contributed by atoms with Crippen LogP contribution >= 0.6 is 0 Å². The van der Waals surface area contributed by atoms with Gasteiger partial charge in [0.15, 0.2) is 5.78 Å². The molecule has 1 aliphatic carbocycles. The van der Waals surface area contributed by atoms with Crippen molar-refractivity contribution in [2.75, 3.05) is 0 Å². The number of carbonyl (C=O) groups excluding carboxylic acids is 1. The Hall–Kier alpha value is -1.68. The summed E-state index contributed by atoms with van der Waals surface area (Å²) in [4.78, 5) is 17.6. The molecule has 1 aliphatic heterocycles. The SMILES string of the molecule is CC(C)(C)C1=NO[C@@]2(O)c3ccccc3C(=O)[C@H]12. The van der Waals surface area contributed by atoms with Gasteiger partial charge in [-0.1, -0.05) is 50.2 Å². The number of oxime groups is 1. The van der Waals surface area contributed by atoms with Crippen molar-refractivity contribution in [2.45, 2.75) is 26.6 Å². The molecule has 2 aliphatic rings. The highest BCUT2D eigenvalue weighted by atomic mass is 16.7. The first-order valence-electron chi connectivity index (χ1n) is 5.98. The summed E-state index contributed by atoms with van der Waals surface area (Å²) in [5.74, 6) is -2.44. The standard InChI is InChI=1S/C14H15NO3/c1-13(2,3)12-10-11(16)8-6-4-5-7-9(8)14(10,17)18-15-12/h4-7,10,17H,1-3H3/t10-,14+/m1/s1. The van der Waals surface area contributed by atoms with E-state index in [9.17, 15) is 9.90 Å². The quantitative estimate of drug-likeness (QED) is 0.761. The van der Waals surface area contributed by atoms with Crippen LogP contribution in [0.15, 0.2) is 29.4 Å². The molecule has 0 saturated heterocycles. The normalized spacial score (nSPS) is 29.7. The summed E-state index contributed by atoms with van der Waals surface area (Å²) in [5.41, 5.74) is 1.34. The topological polar surface area (TPSA) is 58.9 Å². The zero-order valence-corrected chi connectivity index (χ0v) is 10.6. The molecule has 4 heteroatoms. The lowest BCUT2D eigenvalue weighted by molar-refractivity contribution is -0.204. The Morgan fingerprint density at radius 2 is 2.00 bits per heavy atom. The highest BCUT2D eigenvalue weighted by Gasteiger charge is 2.61. The number of carbonyl (C=O) groups is 1. The summed E-state index contributed by atoms with van der Waals surface area (Å²) in [6.07, 6.45) is 0. The van der Waals surface area contributed by atoms with E-state index in [0.717, 1.165) is 0 Å². The van der Waals surface area contributed by atoms with Gasteiger partial charge in [-0.15, -0.1) is 0 Å². The summed E-state index contributed by atoms with van der Waals surface area (Å²) < 4.78 is 0. The van der Waals surface area contributed by atoms with Crippen molar-refractivity contribution in [3.8, 4) is 0 Å². The second-order valence-corrected chi connectivity index (χ2v) is 5.86. The highest BCUT2D eigenvalue weighted by Crippen LogP contribution is 2.49. The molecule has 0 bridgehead atoms. The fourth-order valence-electron chi connectivity index (χ4n) is 2.65. The molecular weight excluding hydrogens is 230 g/mol. The second-order valence-electron chi connectivity index (χ2n) is 5.86. The number of aliphatic hydroxyl groups is 1. The van der Waals surface area contributed by atoms with Gasteiger partial charge in [-0.25, -0.2) is 0 Å². The Morgan fingerprint density at radius 1 is 1.33 bits per heavy atom. The minimum atomic E-state index is -1.61. The minimum Gasteiger partial charge on any atom is -0.354 e. The van der Waals surface area contributed by atoms with Crippen LogP contribution in [0.25, 0.3) is 0 Å². The van der Waals surface area contributed by atoms with Crippen LogP contribution in [0.1, 0.15) is 36.7 Å². The van der Waals surface area contributed by atoms with Crippen LogP contribution in [0.2, 0.25) is 0 Å². The third-order valence-corrected chi connectivity index (χ3v) is 3.56. The monoisotopic (exact) mass is 245 g/mol. The van der Waals surface area contributed by atoms with Crippen LogP contribution in [-0.2, 0) is 10.6 Å². The maximum Gasteiger partial charge on any atom is 0.277 e. The lowest BCUT2D eigenvalue weighted by atomic mass is 9.79. The van der Waals surface area contributed by atoms with E-state index in [0.29, 0.717) is 16.8 Å². The van der Waals surface area contributed by atoms with Gasteiger partial charge in [-0.05, 0) is 0 Å². The van der Waals surface area contributed by atoms with Gasteiger partial charge >= 0.3 is 0 Å². The molecule has 1 N–H and O–H groups in total. The van der Waals surface area contributed by atoms with Crippen molar-refractivity contribution < 1.29 is 14.7 Å². The third-order valence-electron chi connectivity index (χ3n) is 3.56. The van der Waals surface area contributed by atoms with Gasteiger partial charge in [0.1, 0.15) is 5.92 Å². The Labute approximate surface area is 105 Å². The van der Waals surface area contributed by atoms with Crippen LogP contribution in [0, 0.1) is 11.3 Å². The number of fused-ring (bicyclic) bond motifs is 3. The van der Waals surface area contributed by atoms with Gasteiger partial charge in [0.2, 0.25) is 0 Å². The maximum absolute atomic E-state index is 12.4. The zero-order chi connectivity index (χ0) is 13.1. The van der Waals surface area contributed by atoms with E-state index < -0.39 is 11.7 Å². The number of ketones is 1. The molecule has 0 amide bonds. The molecule has 4 nitrogen and oxygen atoms in total. The van der Waals surface area contributed by atoms with Crippen LogP contribution in [0.5, 0.6) is 0 Å². The summed E-state index contributed by atoms with van der Waals surface area (Å²) in [7, 11) is 0. The minimum absolute atomic E-state index is 0.112. The first-order valence-corrected chi connectivity index (χ1v) is 5.98. The molecule has 1 heterocycles. The van der Waals surface area contributed by atoms with Crippen molar-refractivity contribution >= 4 is 11.5 Å². The van der Waals surface area contributed by atoms with Crippen LogP contribution in [-0.4, -0.2) is 16.6 Å². The molecule has 0 spiro atoms. The second kappa shape index (κ2) is 3.20. The molecule has 0 radical (unpaired) electrons. The van der Waals surface area contributed by atoms with Gasteiger partial charge < -0.3 is 9.94 Å². The van der Waals surface area contributed by atoms with Gasteiger partial charge in [-0.3, -0.25) is 4.79 Å². The van der Waals surface area contributed by atoms with E-state index in [1.807, 2.05) is 20.8 Å². The Kier molecular flexibility index (Phi) is 2.03. The van der Waals surface area contributed by atoms with E-state index in [2.05, 4.69) is 5.16 Å². The smallest absolute Gasteiger partial charge is 0.277 e. The van der Waals surface area contributed by atoms with Crippen LogP contribution in [0.4, 0.5) is 0 Å². The fourth-order valence-corrected chi connectivity index (χ4v) is 2.65. The van der Waals surface area contributed by atoms with Crippen molar-refractivity contribution in [1.29, 1.82) is 0 Å². The summed E-state index contributed by atoms with van der Waals surface area (Å²) >= 11 is 0. The first-order chi connectivity index (χ1) is 8.36. The third kappa shape index (κ3) is 1.24. The van der Waals surface area contributed by atoms with Gasteiger partial charge in [0.25, 0.3) is 5.79 Å². The van der Waals surface area contributed by atoms with Gasteiger partial charge in [0, 0.05) is 16.5 Å². The zero-order valence-electron chi connectivity index (χ0n) is 10.6. The Bertz CT molecular complexity index is 571. The average Bonchev–Trinajstić information content (AvgIpc) is 2.75. The Morgan fingerprint density at radius 3 is 2.67 bits per heavy atom. The van der Waals surface area contributed by atoms with Gasteiger partial charge in [0.05, 0.1) is 5.71 Å². The van der Waals surface area contributed by atoms with E-state index >= 15 is 0 Å². The van der Waals surface area contributed by atoms with Crippen molar-refractivity contribution in [3.63, 3.8) is 0 Å². The van der Waals surface area contributed by atoms with Crippen LogP contribution < -0.4 is 0 Å². The molecule has 1 aromatic carbocycles. The van der Waals surface area contributed by atoms with Crippen LogP contribution in [0.3, 0.4) is 0 Å². The number of hydrogen-bond donors (Lipinski definition) is 1. The molecule has 2 atom stereocenters. The number of Topliss-reactive ketones (excluding diaryl/α,β-unsaturated/α-hetero) is 1. The molecule has 0 unspecified atom stereocenters. The largest absolute Gasteiger partial charge is 0.354 e. The lowest BCUT2D eigenvalue weighted by Gasteiger charge is -2.24. The number of rotatable bonds is 0. The molecule has 1 aromatic rings.